The Balaban J connectivity index is 2.03. The zero-order valence-corrected chi connectivity index (χ0v) is 16.4. The summed E-state index contributed by atoms with van der Waals surface area (Å²) in [5.74, 6) is -5.47. The number of nitrogens with one attached hydrogen (secondary N) is 1. The van der Waals surface area contributed by atoms with Crippen LogP contribution in [-0.2, 0) is 10.0 Å². The molecule has 0 fully saturated rings. The number of hydrogen-bond acceptors (Lipinski definition) is 3. The number of rotatable bonds is 7. The maximum absolute atomic E-state index is 15.3. The Morgan fingerprint density at radius 2 is 1.38 bits per heavy atom. The SMILES string of the molecule is Cc1ccc(S(=O)(=O)NC(c2ccccc2)C(F)(F)C(=O)c2ccccc2)cc1. The number of carbonyl (C=O) groups excluding carboxylic acids is 1. The van der Waals surface area contributed by atoms with Gasteiger partial charge in [0, 0.05) is 5.56 Å². The summed E-state index contributed by atoms with van der Waals surface area (Å²) >= 11 is 0. The van der Waals surface area contributed by atoms with Gasteiger partial charge in [0.2, 0.25) is 15.8 Å². The zero-order valence-electron chi connectivity index (χ0n) is 15.5. The second-order valence-electron chi connectivity index (χ2n) is 6.60. The van der Waals surface area contributed by atoms with Crippen molar-refractivity contribution in [1.82, 2.24) is 4.72 Å². The Labute approximate surface area is 168 Å². The van der Waals surface area contributed by atoms with E-state index in [1.165, 1.54) is 60.7 Å². The highest BCUT2D eigenvalue weighted by molar-refractivity contribution is 7.89. The molecule has 0 aromatic heterocycles. The van der Waals surface area contributed by atoms with Gasteiger partial charge >= 0.3 is 5.92 Å². The largest absolute Gasteiger partial charge is 0.329 e. The van der Waals surface area contributed by atoms with E-state index >= 15 is 8.78 Å². The number of carbonyl (C=O) groups is 1. The lowest BCUT2D eigenvalue weighted by Gasteiger charge is -2.27. The van der Waals surface area contributed by atoms with E-state index in [1.807, 2.05) is 4.72 Å². The van der Waals surface area contributed by atoms with E-state index < -0.39 is 27.8 Å². The summed E-state index contributed by atoms with van der Waals surface area (Å²) in [6, 6.07) is 18.2. The van der Waals surface area contributed by atoms with Crippen LogP contribution in [0.5, 0.6) is 0 Å². The molecule has 3 rings (SSSR count). The molecule has 0 aliphatic heterocycles. The summed E-state index contributed by atoms with van der Waals surface area (Å²) in [6.07, 6.45) is 0. The molecular formula is C22H19F2NO3S. The van der Waals surface area contributed by atoms with Gasteiger partial charge in [-0.15, -0.1) is 0 Å². The Morgan fingerprint density at radius 1 is 0.862 bits per heavy atom. The van der Waals surface area contributed by atoms with Crippen LogP contribution in [0.25, 0.3) is 0 Å². The van der Waals surface area contributed by atoms with E-state index in [1.54, 1.807) is 31.2 Å². The summed E-state index contributed by atoms with van der Waals surface area (Å²) in [7, 11) is -4.31. The number of Topliss-reactive ketones (excluding diaryl/α,β-unsaturated/α-hetero) is 1. The highest BCUT2D eigenvalue weighted by Gasteiger charge is 2.49. The van der Waals surface area contributed by atoms with Crippen molar-refractivity contribution in [2.75, 3.05) is 0 Å². The van der Waals surface area contributed by atoms with Crippen LogP contribution in [0, 0.1) is 6.92 Å². The van der Waals surface area contributed by atoms with Gasteiger partial charge in [0.1, 0.15) is 6.04 Å². The van der Waals surface area contributed by atoms with Gasteiger partial charge in [-0.3, -0.25) is 4.79 Å². The van der Waals surface area contributed by atoms with Gasteiger partial charge in [-0.25, -0.2) is 8.42 Å². The van der Waals surface area contributed by atoms with Crippen LogP contribution < -0.4 is 4.72 Å². The predicted molar refractivity (Wildman–Crippen MR) is 106 cm³/mol. The predicted octanol–water partition coefficient (Wildman–Crippen LogP) is 4.53. The van der Waals surface area contributed by atoms with Gasteiger partial charge in [-0.1, -0.05) is 78.4 Å². The third-order valence-electron chi connectivity index (χ3n) is 4.44. The molecular weight excluding hydrogens is 396 g/mol. The van der Waals surface area contributed by atoms with Gasteiger partial charge in [0.25, 0.3) is 0 Å². The molecule has 4 nitrogen and oxygen atoms in total. The minimum Gasteiger partial charge on any atom is -0.287 e. The molecule has 150 valence electrons. The first-order chi connectivity index (χ1) is 13.7. The summed E-state index contributed by atoms with van der Waals surface area (Å²) < 4.78 is 58.2. The Kier molecular flexibility index (Phi) is 5.91. The molecule has 1 atom stereocenters. The summed E-state index contributed by atoms with van der Waals surface area (Å²) in [6.45, 7) is 1.78. The first kappa shape index (κ1) is 20.8. The maximum atomic E-state index is 15.3. The molecule has 0 radical (unpaired) electrons. The first-order valence-electron chi connectivity index (χ1n) is 8.83. The standard InChI is InChI=1S/C22H19F2NO3S/c1-16-12-14-19(15-13-16)29(27,28)25-20(17-8-4-2-5-9-17)22(23,24)21(26)18-10-6-3-7-11-18/h2-15,20,25H,1H3. The highest BCUT2D eigenvalue weighted by Crippen LogP contribution is 2.35. The van der Waals surface area contributed by atoms with E-state index in [4.69, 9.17) is 0 Å². The average Bonchev–Trinajstić information content (AvgIpc) is 2.73. The molecule has 1 N–H and O–H groups in total. The zero-order chi connectivity index (χ0) is 21.1. The first-order valence-corrected chi connectivity index (χ1v) is 10.3. The molecule has 29 heavy (non-hydrogen) atoms. The molecule has 1 unspecified atom stereocenters. The minimum absolute atomic E-state index is 0.0162. The second kappa shape index (κ2) is 8.23. The Hall–Kier alpha value is -2.90. The van der Waals surface area contributed by atoms with Crippen molar-refractivity contribution < 1.29 is 22.0 Å². The number of alkyl halides is 2. The van der Waals surface area contributed by atoms with E-state index in [9.17, 15) is 13.2 Å². The third kappa shape index (κ3) is 4.58. The van der Waals surface area contributed by atoms with Crippen LogP contribution in [0.1, 0.15) is 27.5 Å². The molecule has 0 aliphatic rings. The lowest BCUT2D eigenvalue weighted by molar-refractivity contribution is -0.0111. The van der Waals surface area contributed by atoms with Gasteiger partial charge in [0.15, 0.2) is 0 Å². The smallest absolute Gasteiger partial charge is 0.287 e. The van der Waals surface area contributed by atoms with Crippen molar-refractivity contribution >= 4 is 15.8 Å². The quantitative estimate of drug-likeness (QED) is 0.577. The van der Waals surface area contributed by atoms with Crippen molar-refractivity contribution in [3.8, 4) is 0 Å². The molecule has 0 heterocycles. The summed E-state index contributed by atoms with van der Waals surface area (Å²) in [5, 5.41) is 0. The van der Waals surface area contributed by atoms with Crippen LogP contribution in [0.15, 0.2) is 89.8 Å². The van der Waals surface area contributed by atoms with Crippen LogP contribution in [-0.4, -0.2) is 20.1 Å². The topological polar surface area (TPSA) is 63.2 Å². The van der Waals surface area contributed by atoms with Crippen LogP contribution >= 0.6 is 0 Å². The van der Waals surface area contributed by atoms with E-state index in [0.29, 0.717) is 0 Å². The fraction of sp³-hybridized carbons (Fsp3) is 0.136. The number of halogens is 2. The number of sulfonamides is 1. The average molecular weight is 415 g/mol. The normalized spacial score (nSPS) is 13.1. The Bertz CT molecular complexity index is 1080. The van der Waals surface area contributed by atoms with E-state index in [-0.39, 0.29) is 16.0 Å². The molecule has 3 aromatic rings. The molecule has 0 amide bonds. The molecule has 3 aromatic carbocycles. The Morgan fingerprint density at radius 3 is 1.93 bits per heavy atom. The number of aryl methyl sites for hydroxylation is 1. The monoisotopic (exact) mass is 415 g/mol. The minimum atomic E-state index is -4.31. The van der Waals surface area contributed by atoms with E-state index in [2.05, 4.69) is 0 Å². The van der Waals surface area contributed by atoms with Gasteiger partial charge in [-0.2, -0.15) is 13.5 Å². The number of benzene rings is 3. The molecule has 0 aliphatic carbocycles. The fourth-order valence-corrected chi connectivity index (χ4v) is 4.08. The van der Waals surface area contributed by atoms with Crippen molar-refractivity contribution in [1.29, 1.82) is 0 Å². The fourth-order valence-electron chi connectivity index (χ4n) is 2.85. The lowest BCUT2D eigenvalue weighted by Crippen LogP contribution is -2.45. The third-order valence-corrected chi connectivity index (χ3v) is 5.88. The summed E-state index contributed by atoms with van der Waals surface area (Å²) in [5.41, 5.74) is 0.610. The van der Waals surface area contributed by atoms with Gasteiger partial charge < -0.3 is 0 Å². The molecule has 0 saturated heterocycles. The van der Waals surface area contributed by atoms with Crippen molar-refractivity contribution in [2.24, 2.45) is 0 Å². The molecule has 0 bridgehead atoms. The number of ketones is 1. The summed E-state index contributed by atoms with van der Waals surface area (Å²) in [4.78, 5) is 12.4. The molecule has 0 saturated carbocycles. The van der Waals surface area contributed by atoms with Crippen molar-refractivity contribution in [3.05, 3.63) is 102 Å². The molecule has 7 heteroatoms. The van der Waals surface area contributed by atoms with Crippen LogP contribution in [0.3, 0.4) is 0 Å². The highest BCUT2D eigenvalue weighted by atomic mass is 32.2. The maximum Gasteiger partial charge on any atom is 0.329 e. The molecule has 0 spiro atoms. The van der Waals surface area contributed by atoms with E-state index in [0.717, 1.165) is 5.56 Å². The second-order valence-corrected chi connectivity index (χ2v) is 8.31. The van der Waals surface area contributed by atoms with Crippen LogP contribution in [0.4, 0.5) is 8.78 Å². The van der Waals surface area contributed by atoms with Gasteiger partial charge in [0.05, 0.1) is 4.90 Å². The van der Waals surface area contributed by atoms with Crippen LogP contribution in [0.2, 0.25) is 0 Å². The lowest BCUT2D eigenvalue weighted by atomic mass is 9.95. The van der Waals surface area contributed by atoms with Gasteiger partial charge in [-0.05, 0) is 24.6 Å². The number of hydrogen-bond donors (Lipinski definition) is 1. The van der Waals surface area contributed by atoms with Crippen molar-refractivity contribution in [2.45, 2.75) is 23.8 Å². The van der Waals surface area contributed by atoms with Crippen molar-refractivity contribution in [3.63, 3.8) is 0 Å².